The predicted octanol–water partition coefficient (Wildman–Crippen LogP) is 2.85. The first-order valence-electron chi connectivity index (χ1n) is 10.0. The molecule has 0 unspecified atom stereocenters. The van der Waals surface area contributed by atoms with E-state index in [9.17, 15) is 5.11 Å². The van der Waals surface area contributed by atoms with E-state index in [1.165, 1.54) is 16.7 Å². The highest BCUT2D eigenvalue weighted by atomic mass is 16.3. The molecule has 0 amide bonds. The van der Waals surface area contributed by atoms with Crippen molar-refractivity contribution in [3.8, 4) is 17.1 Å². The first-order chi connectivity index (χ1) is 14.5. The highest BCUT2D eigenvalue weighted by molar-refractivity contribution is 5.81. The number of fused-ring (bicyclic) bond motifs is 2. The molecule has 0 saturated carbocycles. The van der Waals surface area contributed by atoms with Crippen molar-refractivity contribution in [2.45, 2.75) is 26.5 Å². The summed E-state index contributed by atoms with van der Waals surface area (Å²) in [6, 6.07) is 10.1. The van der Waals surface area contributed by atoms with Crippen LogP contribution >= 0.6 is 0 Å². The lowest BCUT2D eigenvalue weighted by Crippen LogP contribution is -2.27. The highest BCUT2D eigenvalue weighted by Crippen LogP contribution is 2.29. The number of rotatable bonds is 3. The van der Waals surface area contributed by atoms with Crippen LogP contribution in [0.3, 0.4) is 0 Å². The van der Waals surface area contributed by atoms with Crippen LogP contribution in [0.4, 0.5) is 5.82 Å². The number of nitrogens with zero attached hydrogens (tertiary/aromatic N) is 5. The molecule has 0 atom stereocenters. The van der Waals surface area contributed by atoms with Crippen LogP contribution in [0.25, 0.3) is 28.0 Å². The van der Waals surface area contributed by atoms with E-state index < -0.39 is 0 Å². The number of aromatic nitrogens is 4. The molecule has 0 aliphatic carbocycles. The average Bonchev–Trinajstić information content (AvgIpc) is 3.16. The molecule has 3 heterocycles. The molecule has 1 aliphatic heterocycles. The molecular weight excluding hydrogens is 376 g/mol. The number of nitrogens with two attached hydrogens (primary N) is 1. The van der Waals surface area contributed by atoms with Crippen LogP contribution in [0.2, 0.25) is 0 Å². The Balaban J connectivity index is 1.61. The molecule has 0 fully saturated rings. The third-order valence-electron chi connectivity index (χ3n) is 5.84. The molecule has 30 heavy (non-hydrogen) atoms. The van der Waals surface area contributed by atoms with E-state index in [0.717, 1.165) is 47.2 Å². The Kier molecular flexibility index (Phi) is 4.49. The Morgan fingerprint density at radius 2 is 2.03 bits per heavy atom. The Labute approximate surface area is 174 Å². The lowest BCUT2D eigenvalue weighted by atomic mass is 9.92. The minimum absolute atomic E-state index is 0.00851. The van der Waals surface area contributed by atoms with Gasteiger partial charge in [-0.1, -0.05) is 6.07 Å². The normalized spacial score (nSPS) is 14.2. The van der Waals surface area contributed by atoms with Crippen molar-refractivity contribution in [1.29, 1.82) is 0 Å². The van der Waals surface area contributed by atoms with Gasteiger partial charge in [-0.3, -0.25) is 0 Å². The summed E-state index contributed by atoms with van der Waals surface area (Å²) in [5, 5.41) is 14.8. The molecule has 4 aromatic rings. The fourth-order valence-corrected chi connectivity index (χ4v) is 4.24. The summed E-state index contributed by atoms with van der Waals surface area (Å²) in [5.74, 6) is 0.830. The van der Waals surface area contributed by atoms with E-state index in [-0.39, 0.29) is 6.61 Å². The van der Waals surface area contributed by atoms with Crippen molar-refractivity contribution in [2.75, 3.05) is 19.3 Å². The number of likely N-dealkylation sites (N-methyl/N-ethyl adjacent to an activating group) is 1. The van der Waals surface area contributed by atoms with Crippen molar-refractivity contribution >= 4 is 16.7 Å². The van der Waals surface area contributed by atoms with E-state index in [1.54, 1.807) is 17.1 Å². The first kappa shape index (κ1) is 18.7. The number of aliphatic hydroxyl groups is 1. The van der Waals surface area contributed by atoms with Gasteiger partial charge in [0.2, 0.25) is 0 Å². The van der Waals surface area contributed by atoms with Crippen LogP contribution in [0, 0.1) is 6.92 Å². The zero-order valence-corrected chi connectivity index (χ0v) is 17.1. The molecule has 0 saturated heterocycles. The summed E-state index contributed by atoms with van der Waals surface area (Å²) in [5.41, 5.74) is 13.8. The number of nitrogen functional groups attached to an aromatic ring is 1. The van der Waals surface area contributed by atoms with Crippen LogP contribution in [0.15, 0.2) is 42.7 Å². The quantitative estimate of drug-likeness (QED) is 0.549. The van der Waals surface area contributed by atoms with E-state index in [4.69, 9.17) is 10.7 Å². The van der Waals surface area contributed by atoms with Gasteiger partial charge in [0.1, 0.15) is 0 Å². The Bertz CT molecular complexity index is 1260. The molecule has 1 aliphatic rings. The smallest absolute Gasteiger partial charge is 0.197 e. The third kappa shape index (κ3) is 3.12. The molecule has 0 bridgehead atoms. The number of hydrogen-bond donors (Lipinski definition) is 2. The molecule has 2 aromatic heterocycles. The second kappa shape index (κ2) is 7.19. The van der Waals surface area contributed by atoms with Crippen molar-refractivity contribution < 1.29 is 5.11 Å². The summed E-state index contributed by atoms with van der Waals surface area (Å²) in [7, 11) is 2.15. The van der Waals surface area contributed by atoms with Crippen molar-refractivity contribution in [2.24, 2.45) is 0 Å². The number of hydrogen-bond acceptors (Lipinski definition) is 6. The lowest BCUT2D eigenvalue weighted by molar-refractivity contribution is 0.282. The van der Waals surface area contributed by atoms with Gasteiger partial charge in [0.25, 0.3) is 0 Å². The minimum atomic E-state index is -0.00851. The van der Waals surface area contributed by atoms with Crippen LogP contribution < -0.4 is 5.73 Å². The SMILES string of the molecule is Cc1cc(-c2cnc(N)c(-n3ncc4cc(CO)ccc43)n2)cc2c1CCN(C)C2. The second-order valence-corrected chi connectivity index (χ2v) is 7.99. The Morgan fingerprint density at radius 3 is 2.87 bits per heavy atom. The van der Waals surface area contributed by atoms with Crippen LogP contribution in [0.5, 0.6) is 0 Å². The first-order valence-corrected chi connectivity index (χ1v) is 10.0. The van der Waals surface area contributed by atoms with Crippen molar-refractivity contribution in [1.82, 2.24) is 24.6 Å². The zero-order valence-electron chi connectivity index (χ0n) is 17.1. The van der Waals surface area contributed by atoms with Gasteiger partial charge in [0.15, 0.2) is 11.6 Å². The van der Waals surface area contributed by atoms with Crippen LogP contribution in [-0.2, 0) is 19.6 Å². The zero-order chi connectivity index (χ0) is 20.8. The summed E-state index contributed by atoms with van der Waals surface area (Å²) in [6.45, 7) is 4.18. The molecule has 5 rings (SSSR count). The molecule has 0 spiro atoms. The van der Waals surface area contributed by atoms with Gasteiger partial charge in [-0.2, -0.15) is 5.10 Å². The molecule has 152 valence electrons. The van der Waals surface area contributed by atoms with Gasteiger partial charge in [-0.25, -0.2) is 14.6 Å². The van der Waals surface area contributed by atoms with Crippen molar-refractivity contribution in [3.63, 3.8) is 0 Å². The topological polar surface area (TPSA) is 93.1 Å². The number of anilines is 1. The maximum atomic E-state index is 9.38. The predicted molar refractivity (Wildman–Crippen MR) is 117 cm³/mol. The third-order valence-corrected chi connectivity index (χ3v) is 5.84. The number of aliphatic hydroxyl groups excluding tert-OH is 1. The average molecular weight is 400 g/mol. The van der Waals surface area contributed by atoms with Gasteiger partial charge >= 0.3 is 0 Å². The monoisotopic (exact) mass is 400 g/mol. The van der Waals surface area contributed by atoms with E-state index in [0.29, 0.717) is 11.6 Å². The fourth-order valence-electron chi connectivity index (χ4n) is 4.24. The standard InChI is InChI=1S/C23H24N6O/c1-14-7-16(9-18-12-28(2)6-5-19(14)18)20-11-25-22(24)23(27-20)29-21-4-3-15(13-30)8-17(21)10-26-29/h3-4,7-11,30H,5-6,12-13H2,1-2H3,(H2,24,25). The summed E-state index contributed by atoms with van der Waals surface area (Å²) in [6.07, 6.45) is 4.55. The summed E-state index contributed by atoms with van der Waals surface area (Å²) >= 11 is 0. The summed E-state index contributed by atoms with van der Waals surface area (Å²) in [4.78, 5) is 11.6. The van der Waals surface area contributed by atoms with Gasteiger partial charge in [-0.15, -0.1) is 0 Å². The van der Waals surface area contributed by atoms with Crippen LogP contribution in [-0.4, -0.2) is 43.3 Å². The lowest BCUT2D eigenvalue weighted by Gasteiger charge is -2.27. The fraction of sp³-hybridized carbons (Fsp3) is 0.261. The van der Waals surface area contributed by atoms with Gasteiger partial charge in [-0.05, 0) is 66.9 Å². The Morgan fingerprint density at radius 1 is 1.17 bits per heavy atom. The largest absolute Gasteiger partial charge is 0.392 e. The van der Waals surface area contributed by atoms with E-state index in [2.05, 4.69) is 41.1 Å². The van der Waals surface area contributed by atoms with E-state index in [1.807, 2.05) is 18.2 Å². The van der Waals surface area contributed by atoms with E-state index >= 15 is 0 Å². The van der Waals surface area contributed by atoms with Gasteiger partial charge < -0.3 is 15.7 Å². The van der Waals surface area contributed by atoms with Gasteiger partial charge in [0.05, 0.1) is 30.2 Å². The number of benzene rings is 2. The second-order valence-electron chi connectivity index (χ2n) is 7.99. The van der Waals surface area contributed by atoms with Gasteiger partial charge in [0, 0.05) is 24.0 Å². The van der Waals surface area contributed by atoms with Crippen molar-refractivity contribution in [3.05, 3.63) is 65.0 Å². The molecule has 3 N–H and O–H groups in total. The number of aryl methyl sites for hydroxylation is 1. The van der Waals surface area contributed by atoms with Crippen LogP contribution in [0.1, 0.15) is 22.3 Å². The highest BCUT2D eigenvalue weighted by Gasteiger charge is 2.18. The maximum Gasteiger partial charge on any atom is 0.197 e. The molecular formula is C23H24N6O. The molecule has 7 heteroatoms. The molecule has 0 radical (unpaired) electrons. The Hall–Kier alpha value is -3.29. The maximum absolute atomic E-state index is 9.38. The minimum Gasteiger partial charge on any atom is -0.392 e. The summed E-state index contributed by atoms with van der Waals surface area (Å²) < 4.78 is 1.71. The molecule has 2 aromatic carbocycles. The molecule has 7 nitrogen and oxygen atoms in total.